The molecule has 0 radical (unpaired) electrons. The standard InChI is InChI=1S/C22H22N2O6S/c25-21(23-18-5-8-20-17(15-18)4-10-22(26)30-20)9-3-16-1-6-19(7-2-16)31(27,28)24-11-13-29-14-12-24/h1-2,4-8,10,15H,3,9,11-14H2,(H,23,25). The quantitative estimate of drug-likeness (QED) is 0.588. The van der Waals surface area contributed by atoms with Crippen LogP contribution in [0, 0.1) is 0 Å². The number of rotatable bonds is 6. The Morgan fingerprint density at radius 1 is 1.00 bits per heavy atom. The molecule has 0 bridgehead atoms. The van der Waals surface area contributed by atoms with Crippen molar-refractivity contribution in [2.24, 2.45) is 0 Å². The van der Waals surface area contributed by atoms with Gasteiger partial charge in [-0.05, 0) is 48.4 Å². The lowest BCUT2D eigenvalue weighted by atomic mass is 10.1. The van der Waals surface area contributed by atoms with Gasteiger partial charge in [-0.3, -0.25) is 4.79 Å². The van der Waals surface area contributed by atoms with E-state index >= 15 is 0 Å². The van der Waals surface area contributed by atoms with Crippen LogP contribution in [0.2, 0.25) is 0 Å². The largest absolute Gasteiger partial charge is 0.423 e. The number of sulfonamides is 1. The maximum absolute atomic E-state index is 12.7. The highest BCUT2D eigenvalue weighted by Crippen LogP contribution is 2.20. The second-order valence-electron chi connectivity index (χ2n) is 7.22. The van der Waals surface area contributed by atoms with Crippen molar-refractivity contribution in [1.82, 2.24) is 4.31 Å². The number of fused-ring (bicyclic) bond motifs is 1. The number of carbonyl (C=O) groups is 1. The number of hydrogen-bond donors (Lipinski definition) is 1. The van der Waals surface area contributed by atoms with E-state index in [4.69, 9.17) is 9.15 Å². The zero-order valence-corrected chi connectivity index (χ0v) is 17.6. The van der Waals surface area contributed by atoms with Crippen LogP contribution in [-0.2, 0) is 26.0 Å². The van der Waals surface area contributed by atoms with Crippen LogP contribution in [0.5, 0.6) is 0 Å². The Hall–Kier alpha value is -3.01. The predicted molar refractivity (Wildman–Crippen MR) is 115 cm³/mol. The van der Waals surface area contributed by atoms with Crippen molar-refractivity contribution >= 4 is 32.6 Å². The van der Waals surface area contributed by atoms with Gasteiger partial charge >= 0.3 is 5.63 Å². The number of ether oxygens (including phenoxy) is 1. The molecule has 1 N–H and O–H groups in total. The van der Waals surface area contributed by atoms with Crippen LogP contribution in [0.3, 0.4) is 0 Å². The van der Waals surface area contributed by atoms with Gasteiger partial charge in [0, 0.05) is 36.7 Å². The van der Waals surface area contributed by atoms with Crippen molar-refractivity contribution in [2.45, 2.75) is 17.7 Å². The molecule has 1 amide bonds. The first-order valence-electron chi connectivity index (χ1n) is 9.92. The van der Waals surface area contributed by atoms with Crippen LogP contribution in [0.15, 0.2) is 68.7 Å². The van der Waals surface area contributed by atoms with Gasteiger partial charge in [0.15, 0.2) is 0 Å². The summed E-state index contributed by atoms with van der Waals surface area (Å²) in [6.45, 7) is 1.51. The molecule has 1 fully saturated rings. The normalized spacial score (nSPS) is 15.1. The molecule has 0 unspecified atom stereocenters. The second kappa shape index (κ2) is 9.01. The molecule has 2 aromatic carbocycles. The summed E-state index contributed by atoms with van der Waals surface area (Å²) in [5.74, 6) is -0.165. The van der Waals surface area contributed by atoms with Gasteiger partial charge in [-0.15, -0.1) is 0 Å². The zero-order chi connectivity index (χ0) is 21.8. The lowest BCUT2D eigenvalue weighted by molar-refractivity contribution is -0.116. The van der Waals surface area contributed by atoms with Gasteiger partial charge in [0.2, 0.25) is 15.9 Å². The molecule has 0 atom stereocenters. The van der Waals surface area contributed by atoms with Crippen LogP contribution in [0.4, 0.5) is 5.69 Å². The molecular weight excluding hydrogens is 420 g/mol. The minimum absolute atomic E-state index is 0.165. The minimum Gasteiger partial charge on any atom is -0.423 e. The fraction of sp³-hybridized carbons (Fsp3) is 0.273. The Bertz CT molecular complexity index is 1240. The molecule has 0 aliphatic carbocycles. The number of nitrogens with one attached hydrogen (secondary N) is 1. The van der Waals surface area contributed by atoms with Gasteiger partial charge in [0.05, 0.1) is 18.1 Å². The maximum atomic E-state index is 12.7. The number of amides is 1. The summed E-state index contributed by atoms with van der Waals surface area (Å²) in [6.07, 6.45) is 0.726. The zero-order valence-electron chi connectivity index (χ0n) is 16.7. The molecule has 1 aromatic heterocycles. The van der Waals surface area contributed by atoms with Gasteiger partial charge in [-0.25, -0.2) is 13.2 Å². The van der Waals surface area contributed by atoms with E-state index in [-0.39, 0.29) is 17.2 Å². The van der Waals surface area contributed by atoms with Crippen LogP contribution >= 0.6 is 0 Å². The second-order valence-corrected chi connectivity index (χ2v) is 9.15. The molecule has 31 heavy (non-hydrogen) atoms. The molecule has 8 nitrogen and oxygen atoms in total. The number of carbonyl (C=O) groups excluding carboxylic acids is 1. The molecule has 1 saturated heterocycles. The number of benzene rings is 2. The lowest BCUT2D eigenvalue weighted by Gasteiger charge is -2.26. The molecule has 9 heteroatoms. The van der Waals surface area contributed by atoms with Crippen LogP contribution in [0.1, 0.15) is 12.0 Å². The Kier molecular flexibility index (Phi) is 6.17. The Morgan fingerprint density at radius 3 is 2.48 bits per heavy atom. The van der Waals surface area contributed by atoms with Crippen molar-refractivity contribution in [3.8, 4) is 0 Å². The van der Waals surface area contributed by atoms with Crippen LogP contribution < -0.4 is 10.9 Å². The highest BCUT2D eigenvalue weighted by atomic mass is 32.2. The third kappa shape index (κ3) is 5.01. The minimum atomic E-state index is -3.52. The molecule has 0 spiro atoms. The molecule has 2 heterocycles. The summed E-state index contributed by atoms with van der Waals surface area (Å²) in [5, 5.41) is 3.54. The Labute approximate surface area is 179 Å². The SMILES string of the molecule is O=C(CCc1ccc(S(=O)(=O)N2CCOCC2)cc1)Nc1ccc2oc(=O)ccc2c1. The Morgan fingerprint density at radius 2 is 1.74 bits per heavy atom. The number of hydrogen-bond acceptors (Lipinski definition) is 6. The molecule has 0 saturated carbocycles. The van der Waals surface area contributed by atoms with E-state index in [1.165, 1.54) is 10.4 Å². The van der Waals surface area contributed by atoms with E-state index in [9.17, 15) is 18.0 Å². The maximum Gasteiger partial charge on any atom is 0.336 e. The van der Waals surface area contributed by atoms with E-state index in [1.54, 1.807) is 48.5 Å². The summed E-state index contributed by atoms with van der Waals surface area (Å²) >= 11 is 0. The molecule has 1 aliphatic heterocycles. The van der Waals surface area contributed by atoms with Crippen LogP contribution in [0.25, 0.3) is 11.0 Å². The third-order valence-corrected chi connectivity index (χ3v) is 6.99. The number of aryl methyl sites for hydroxylation is 1. The molecule has 4 rings (SSSR count). The average molecular weight is 442 g/mol. The third-order valence-electron chi connectivity index (χ3n) is 5.07. The molecule has 1 aliphatic rings. The van der Waals surface area contributed by atoms with Gasteiger partial charge in [0.1, 0.15) is 5.58 Å². The smallest absolute Gasteiger partial charge is 0.336 e. The summed E-state index contributed by atoms with van der Waals surface area (Å²) in [4.78, 5) is 23.8. The molecule has 3 aromatic rings. The number of morpholine rings is 1. The van der Waals surface area contributed by atoms with Gasteiger partial charge < -0.3 is 14.5 Å². The fourth-order valence-corrected chi connectivity index (χ4v) is 4.80. The van der Waals surface area contributed by atoms with Crippen molar-refractivity contribution in [3.05, 3.63) is 70.6 Å². The molecular formula is C22H22N2O6S. The fourth-order valence-electron chi connectivity index (χ4n) is 3.40. The van der Waals surface area contributed by atoms with Crippen molar-refractivity contribution < 1.29 is 22.4 Å². The van der Waals surface area contributed by atoms with Crippen molar-refractivity contribution in [3.63, 3.8) is 0 Å². The topological polar surface area (TPSA) is 106 Å². The highest BCUT2D eigenvalue weighted by molar-refractivity contribution is 7.89. The summed E-state index contributed by atoms with van der Waals surface area (Å²) < 4.78 is 37.0. The van der Waals surface area contributed by atoms with E-state index < -0.39 is 15.6 Å². The first-order valence-corrected chi connectivity index (χ1v) is 11.4. The predicted octanol–water partition coefficient (Wildman–Crippen LogP) is 2.39. The Balaban J connectivity index is 1.35. The molecule has 162 valence electrons. The summed E-state index contributed by atoms with van der Waals surface area (Å²) in [7, 11) is -3.52. The van der Waals surface area contributed by atoms with E-state index in [2.05, 4.69) is 5.32 Å². The highest BCUT2D eigenvalue weighted by Gasteiger charge is 2.26. The van der Waals surface area contributed by atoms with Gasteiger partial charge in [-0.1, -0.05) is 12.1 Å². The van der Waals surface area contributed by atoms with E-state index in [1.807, 2.05) is 0 Å². The summed E-state index contributed by atoms with van der Waals surface area (Å²) in [6, 6.07) is 14.7. The monoisotopic (exact) mass is 442 g/mol. The van der Waals surface area contributed by atoms with E-state index in [0.29, 0.717) is 44.0 Å². The number of anilines is 1. The number of nitrogens with zero attached hydrogens (tertiary/aromatic N) is 1. The van der Waals surface area contributed by atoms with Crippen LogP contribution in [-0.4, -0.2) is 44.9 Å². The average Bonchev–Trinajstić information content (AvgIpc) is 2.79. The lowest BCUT2D eigenvalue weighted by Crippen LogP contribution is -2.40. The van der Waals surface area contributed by atoms with Crippen molar-refractivity contribution in [1.29, 1.82) is 0 Å². The first-order chi connectivity index (χ1) is 14.9. The van der Waals surface area contributed by atoms with E-state index in [0.717, 1.165) is 10.9 Å². The summed E-state index contributed by atoms with van der Waals surface area (Å²) in [5.41, 5.74) is 1.51. The van der Waals surface area contributed by atoms with Gasteiger partial charge in [-0.2, -0.15) is 4.31 Å². The first kappa shape index (κ1) is 21.2. The van der Waals surface area contributed by atoms with Gasteiger partial charge in [0.25, 0.3) is 0 Å². The van der Waals surface area contributed by atoms with Crippen molar-refractivity contribution in [2.75, 3.05) is 31.6 Å².